The summed E-state index contributed by atoms with van der Waals surface area (Å²) >= 11 is 1.25. The number of halogens is 2. The van der Waals surface area contributed by atoms with Crippen LogP contribution in [-0.2, 0) is 11.3 Å². The van der Waals surface area contributed by atoms with E-state index in [1.807, 2.05) is 6.07 Å². The first-order valence-electron chi connectivity index (χ1n) is 13.3. The van der Waals surface area contributed by atoms with Gasteiger partial charge in [0.25, 0.3) is 0 Å². The number of nitrogens with zero attached hydrogens (tertiary/aromatic N) is 3. The molecular formula is C28H31F2N7OS. The number of anilines is 3. The van der Waals surface area contributed by atoms with Gasteiger partial charge >= 0.3 is 0 Å². The summed E-state index contributed by atoms with van der Waals surface area (Å²) in [5, 5.41) is 18.9. The molecule has 6 rings (SSSR count). The van der Waals surface area contributed by atoms with E-state index >= 15 is 0 Å². The number of pyridine rings is 1. The highest BCUT2D eigenvalue weighted by atomic mass is 32.2. The molecule has 0 bridgehead atoms. The maximum Gasteiger partial charge on any atom is 0.157 e. The van der Waals surface area contributed by atoms with Crippen molar-refractivity contribution in [2.24, 2.45) is 0 Å². The Hall–Kier alpha value is -3.41. The number of hydrogen-bond donors (Lipinski definition) is 4. The third kappa shape index (κ3) is 6.26. The van der Waals surface area contributed by atoms with Crippen LogP contribution in [0.5, 0.6) is 0 Å². The summed E-state index contributed by atoms with van der Waals surface area (Å²) in [4.78, 5) is 8.11. The first kappa shape index (κ1) is 25.8. The van der Waals surface area contributed by atoms with Gasteiger partial charge in [-0.1, -0.05) is 17.8 Å². The molecule has 0 spiro atoms. The number of benzene rings is 2. The second kappa shape index (κ2) is 11.8. The summed E-state index contributed by atoms with van der Waals surface area (Å²) in [6, 6.07) is 12.4. The van der Waals surface area contributed by atoms with E-state index in [4.69, 9.17) is 4.74 Å². The third-order valence-electron chi connectivity index (χ3n) is 7.07. The van der Waals surface area contributed by atoms with Crippen LogP contribution in [0.4, 0.5) is 26.0 Å². The van der Waals surface area contributed by atoms with Crippen LogP contribution in [0.3, 0.4) is 0 Å². The van der Waals surface area contributed by atoms with Crippen LogP contribution in [0, 0.1) is 11.6 Å². The summed E-state index contributed by atoms with van der Waals surface area (Å²) in [5.74, 6) is -0.538. The molecule has 4 N–H and O–H groups in total. The number of rotatable bonds is 8. The van der Waals surface area contributed by atoms with Gasteiger partial charge in [-0.2, -0.15) is 5.10 Å². The number of hydrogen-bond acceptors (Lipinski definition) is 8. The topological polar surface area (TPSA) is 90.1 Å². The quantitative estimate of drug-likeness (QED) is 0.243. The predicted octanol–water partition coefficient (Wildman–Crippen LogP) is 5.00. The molecule has 4 heterocycles. The molecule has 4 aromatic rings. The normalized spacial score (nSPS) is 16.5. The van der Waals surface area contributed by atoms with Crippen molar-refractivity contribution in [2.45, 2.75) is 35.2 Å². The molecular weight excluding hydrogens is 520 g/mol. The smallest absolute Gasteiger partial charge is 0.157 e. The van der Waals surface area contributed by atoms with Crippen molar-refractivity contribution < 1.29 is 13.5 Å². The van der Waals surface area contributed by atoms with Crippen molar-refractivity contribution in [3.63, 3.8) is 0 Å². The van der Waals surface area contributed by atoms with E-state index < -0.39 is 11.6 Å². The fourth-order valence-corrected chi connectivity index (χ4v) is 5.91. The van der Waals surface area contributed by atoms with Crippen LogP contribution in [-0.4, -0.2) is 60.6 Å². The second-order valence-corrected chi connectivity index (χ2v) is 11.0. The summed E-state index contributed by atoms with van der Waals surface area (Å²) in [6.07, 6.45) is 3.63. The lowest BCUT2D eigenvalue weighted by Gasteiger charge is -2.31. The molecule has 2 aromatic carbocycles. The van der Waals surface area contributed by atoms with E-state index in [1.54, 1.807) is 6.20 Å². The number of H-pyrrole nitrogens is 1. The van der Waals surface area contributed by atoms with Gasteiger partial charge in [0.2, 0.25) is 0 Å². The van der Waals surface area contributed by atoms with Crippen LogP contribution in [0.15, 0.2) is 58.5 Å². The highest BCUT2D eigenvalue weighted by Crippen LogP contribution is 2.32. The predicted molar refractivity (Wildman–Crippen MR) is 151 cm³/mol. The van der Waals surface area contributed by atoms with Gasteiger partial charge in [-0.05, 0) is 48.7 Å². The average Bonchev–Trinajstić information content (AvgIpc) is 3.35. The number of piperazine rings is 1. The third-order valence-corrected chi connectivity index (χ3v) is 8.00. The Balaban J connectivity index is 1.22. The van der Waals surface area contributed by atoms with Gasteiger partial charge in [0.05, 0.1) is 5.39 Å². The molecule has 0 unspecified atom stereocenters. The molecule has 8 nitrogen and oxygen atoms in total. The highest BCUT2D eigenvalue weighted by Gasteiger charge is 2.18. The van der Waals surface area contributed by atoms with Gasteiger partial charge in [0.1, 0.15) is 11.6 Å². The zero-order valence-corrected chi connectivity index (χ0v) is 22.3. The Bertz CT molecular complexity index is 1420. The van der Waals surface area contributed by atoms with Gasteiger partial charge in [-0.15, -0.1) is 0 Å². The van der Waals surface area contributed by atoms with E-state index in [0.717, 1.165) is 79.8 Å². The zero-order valence-electron chi connectivity index (χ0n) is 21.5. The minimum atomic E-state index is -0.606. The van der Waals surface area contributed by atoms with Crippen molar-refractivity contribution >= 4 is 40.0 Å². The van der Waals surface area contributed by atoms with Crippen molar-refractivity contribution in [2.75, 3.05) is 54.9 Å². The Morgan fingerprint density at radius 3 is 2.59 bits per heavy atom. The fourth-order valence-electron chi connectivity index (χ4n) is 5.01. The minimum Gasteiger partial charge on any atom is -0.382 e. The van der Waals surface area contributed by atoms with Crippen molar-refractivity contribution in [3.05, 3.63) is 65.9 Å². The first-order valence-corrected chi connectivity index (χ1v) is 14.1. The largest absolute Gasteiger partial charge is 0.382 e. The molecule has 0 atom stereocenters. The monoisotopic (exact) mass is 551 g/mol. The summed E-state index contributed by atoms with van der Waals surface area (Å²) in [5.41, 5.74) is 4.12. The minimum absolute atomic E-state index is 0.374. The van der Waals surface area contributed by atoms with Crippen molar-refractivity contribution in [3.8, 4) is 0 Å². The van der Waals surface area contributed by atoms with Crippen molar-refractivity contribution in [1.82, 2.24) is 20.5 Å². The molecule has 39 heavy (non-hydrogen) atoms. The summed E-state index contributed by atoms with van der Waals surface area (Å²) < 4.78 is 32.9. The molecule has 0 radical (unpaired) electrons. The molecule has 2 aliphatic rings. The highest BCUT2D eigenvalue weighted by molar-refractivity contribution is 7.99. The number of ether oxygens (including phenoxy) is 1. The second-order valence-electron chi connectivity index (χ2n) is 9.81. The first-order chi connectivity index (χ1) is 19.1. The molecule has 11 heteroatoms. The number of aromatic amines is 1. The van der Waals surface area contributed by atoms with Gasteiger partial charge in [0, 0.05) is 85.4 Å². The zero-order chi connectivity index (χ0) is 26.6. The van der Waals surface area contributed by atoms with E-state index in [2.05, 4.69) is 54.2 Å². The van der Waals surface area contributed by atoms with Gasteiger partial charge in [0.15, 0.2) is 11.5 Å². The summed E-state index contributed by atoms with van der Waals surface area (Å²) in [6.45, 7) is 6.07. The van der Waals surface area contributed by atoms with Gasteiger partial charge in [-0.3, -0.25) is 5.10 Å². The molecule has 2 aromatic heterocycles. The fraction of sp³-hybridized carbons (Fsp3) is 0.357. The molecule has 204 valence electrons. The Morgan fingerprint density at radius 2 is 1.79 bits per heavy atom. The van der Waals surface area contributed by atoms with Crippen LogP contribution in [0.1, 0.15) is 18.4 Å². The maximum atomic E-state index is 13.7. The summed E-state index contributed by atoms with van der Waals surface area (Å²) in [7, 11) is 0. The molecule has 0 aliphatic carbocycles. The lowest BCUT2D eigenvalue weighted by Crippen LogP contribution is -2.43. The lowest BCUT2D eigenvalue weighted by atomic mass is 10.1. The van der Waals surface area contributed by atoms with E-state index in [9.17, 15) is 8.78 Å². The van der Waals surface area contributed by atoms with Gasteiger partial charge < -0.3 is 25.6 Å². The molecule has 2 saturated heterocycles. The molecule has 0 amide bonds. The number of fused-ring (bicyclic) bond motifs is 1. The van der Waals surface area contributed by atoms with Crippen LogP contribution in [0.2, 0.25) is 0 Å². The van der Waals surface area contributed by atoms with E-state index in [-0.39, 0.29) is 0 Å². The van der Waals surface area contributed by atoms with Crippen molar-refractivity contribution in [1.29, 1.82) is 0 Å². The molecule has 2 aliphatic heterocycles. The molecule has 2 fully saturated rings. The van der Waals surface area contributed by atoms with E-state index in [1.165, 1.54) is 29.6 Å². The Labute approximate surface area is 229 Å². The lowest BCUT2D eigenvalue weighted by molar-refractivity contribution is 0.0904. The average molecular weight is 552 g/mol. The van der Waals surface area contributed by atoms with Crippen LogP contribution >= 0.6 is 11.8 Å². The van der Waals surface area contributed by atoms with E-state index in [0.29, 0.717) is 28.9 Å². The number of aromatic nitrogens is 3. The Morgan fingerprint density at radius 1 is 1.00 bits per heavy atom. The van der Waals surface area contributed by atoms with Gasteiger partial charge in [-0.25, -0.2) is 13.8 Å². The standard InChI is InChI=1S/C28H31F2N7OS/c29-19-11-20(30)13-23(12-19)39-24-15-25-27(35-36-28(25)33-17-24)32-16-18-1-2-22(37-7-5-31-6-8-37)14-26(18)34-21-3-9-38-10-4-21/h1-2,11-15,17,21,31,34H,3-10,16H2,(H2,32,33,35,36). The van der Waals surface area contributed by atoms with Crippen LogP contribution < -0.4 is 20.9 Å². The SMILES string of the molecule is Fc1cc(F)cc(Sc2cnc3[nH]nc(NCc4ccc(N5CCNCC5)cc4NC4CCOCC4)c3c2)c1. The maximum absolute atomic E-state index is 13.7. The Kier molecular flexibility index (Phi) is 7.80. The van der Waals surface area contributed by atoms with Crippen LogP contribution in [0.25, 0.3) is 11.0 Å². The molecule has 0 saturated carbocycles. The number of nitrogens with one attached hydrogen (secondary N) is 4.